The molecule has 24 heavy (non-hydrogen) atoms. The quantitative estimate of drug-likeness (QED) is 0.392. The van der Waals surface area contributed by atoms with E-state index in [-0.39, 0.29) is 5.69 Å². The Kier molecular flexibility index (Phi) is 4.39. The Morgan fingerprint density at radius 3 is 2.88 bits per heavy atom. The number of carbonyl (C=O) groups is 1. The number of ether oxygens (including phenoxy) is 2. The van der Waals surface area contributed by atoms with Crippen LogP contribution in [0.1, 0.15) is 17.3 Å². The Labute approximate surface area is 140 Å². The van der Waals surface area contributed by atoms with E-state index in [1.807, 2.05) is 0 Å². The van der Waals surface area contributed by atoms with E-state index in [2.05, 4.69) is 4.98 Å². The lowest BCUT2D eigenvalue weighted by atomic mass is 10.2. The molecular weight excluding hydrogens is 332 g/mol. The number of nitro benzene ring substituents is 1. The minimum Gasteiger partial charge on any atom is -0.462 e. The number of non-ortho nitro benzene ring substituents is 1. The van der Waals surface area contributed by atoms with Crippen molar-refractivity contribution in [1.29, 1.82) is 0 Å². The van der Waals surface area contributed by atoms with E-state index in [0.29, 0.717) is 33.3 Å². The monoisotopic (exact) mass is 344 g/mol. The minimum absolute atomic E-state index is 0.00186. The minimum atomic E-state index is -0.456. The lowest BCUT2D eigenvalue weighted by Crippen LogP contribution is -2.04. The zero-order valence-corrected chi connectivity index (χ0v) is 13.4. The van der Waals surface area contributed by atoms with Gasteiger partial charge in [0.15, 0.2) is 0 Å². The third-order valence-corrected chi connectivity index (χ3v) is 4.01. The van der Waals surface area contributed by atoms with Crippen LogP contribution in [0, 0.1) is 10.1 Å². The summed E-state index contributed by atoms with van der Waals surface area (Å²) in [6.07, 6.45) is 0. The second-order valence-electron chi connectivity index (χ2n) is 4.74. The predicted molar refractivity (Wildman–Crippen MR) is 88.7 cm³/mol. The molecular formula is C16H12N2O5S. The Balaban J connectivity index is 1.85. The second kappa shape index (κ2) is 6.63. The Hall–Kier alpha value is -3.00. The zero-order chi connectivity index (χ0) is 17.1. The molecule has 2 aromatic carbocycles. The van der Waals surface area contributed by atoms with Gasteiger partial charge in [-0.05, 0) is 31.2 Å². The predicted octanol–water partition coefficient (Wildman–Crippen LogP) is 4.17. The standard InChI is InChI=1S/C16H12N2O5S/c1-2-22-15(19)10-4-3-5-12(8-10)23-16-17-13-7-6-11(18(20)21)9-14(13)24-16/h3-9H,2H2,1H3. The van der Waals surface area contributed by atoms with Crippen LogP contribution < -0.4 is 4.74 Å². The number of carbonyl (C=O) groups excluding carboxylic acids is 1. The number of thiazole rings is 1. The van der Waals surface area contributed by atoms with Gasteiger partial charge in [-0.1, -0.05) is 17.4 Å². The summed E-state index contributed by atoms with van der Waals surface area (Å²) in [5.74, 6) is 0.0111. The average Bonchev–Trinajstić information content (AvgIpc) is 2.96. The van der Waals surface area contributed by atoms with Crippen molar-refractivity contribution in [2.75, 3.05) is 6.61 Å². The molecule has 7 nitrogen and oxygen atoms in total. The number of aromatic nitrogens is 1. The fourth-order valence-corrected chi connectivity index (χ4v) is 2.92. The lowest BCUT2D eigenvalue weighted by molar-refractivity contribution is -0.384. The van der Waals surface area contributed by atoms with Crippen molar-refractivity contribution in [3.63, 3.8) is 0 Å². The number of nitro groups is 1. The average molecular weight is 344 g/mol. The van der Waals surface area contributed by atoms with Gasteiger partial charge in [-0.2, -0.15) is 0 Å². The first-order valence-corrected chi connectivity index (χ1v) is 7.88. The summed E-state index contributed by atoms with van der Waals surface area (Å²) in [4.78, 5) is 26.4. The fourth-order valence-electron chi connectivity index (χ4n) is 2.05. The molecule has 0 aliphatic rings. The van der Waals surface area contributed by atoms with E-state index in [4.69, 9.17) is 9.47 Å². The maximum Gasteiger partial charge on any atom is 0.338 e. The largest absolute Gasteiger partial charge is 0.462 e. The molecule has 0 amide bonds. The maximum atomic E-state index is 11.7. The zero-order valence-electron chi connectivity index (χ0n) is 12.6. The molecule has 3 rings (SSSR count). The number of nitrogens with zero attached hydrogens (tertiary/aromatic N) is 2. The second-order valence-corrected chi connectivity index (χ2v) is 5.73. The van der Waals surface area contributed by atoms with E-state index in [0.717, 1.165) is 0 Å². The van der Waals surface area contributed by atoms with Crippen molar-refractivity contribution in [1.82, 2.24) is 4.98 Å². The van der Waals surface area contributed by atoms with Crippen molar-refractivity contribution in [2.24, 2.45) is 0 Å². The molecule has 0 radical (unpaired) electrons. The highest BCUT2D eigenvalue weighted by Crippen LogP contribution is 2.33. The molecule has 0 unspecified atom stereocenters. The molecule has 0 aliphatic heterocycles. The van der Waals surface area contributed by atoms with Crippen molar-refractivity contribution in [3.05, 3.63) is 58.1 Å². The Morgan fingerprint density at radius 1 is 1.29 bits per heavy atom. The molecule has 8 heteroatoms. The summed E-state index contributed by atoms with van der Waals surface area (Å²) in [5.41, 5.74) is 0.996. The van der Waals surface area contributed by atoms with Gasteiger partial charge in [-0.3, -0.25) is 10.1 Å². The first kappa shape index (κ1) is 15.9. The van der Waals surface area contributed by atoms with Crippen LogP contribution in [0.15, 0.2) is 42.5 Å². The topological polar surface area (TPSA) is 91.6 Å². The molecule has 122 valence electrons. The summed E-state index contributed by atoms with van der Waals surface area (Å²) in [6, 6.07) is 11.0. The molecule has 0 spiro atoms. The van der Waals surface area contributed by atoms with E-state index in [1.165, 1.54) is 23.5 Å². The molecule has 0 bridgehead atoms. The van der Waals surface area contributed by atoms with Crippen molar-refractivity contribution in [3.8, 4) is 10.9 Å². The summed E-state index contributed by atoms with van der Waals surface area (Å²) in [6.45, 7) is 2.03. The van der Waals surface area contributed by atoms with Crippen molar-refractivity contribution >= 4 is 33.2 Å². The van der Waals surface area contributed by atoms with Crippen LogP contribution in [0.4, 0.5) is 5.69 Å². The van der Waals surface area contributed by atoms with Crippen LogP contribution in [0.2, 0.25) is 0 Å². The Morgan fingerprint density at radius 2 is 2.12 bits per heavy atom. The molecule has 1 aromatic heterocycles. The normalized spacial score (nSPS) is 10.5. The Bertz CT molecular complexity index is 922. The first-order valence-electron chi connectivity index (χ1n) is 7.07. The molecule has 3 aromatic rings. The van der Waals surface area contributed by atoms with Gasteiger partial charge in [-0.15, -0.1) is 0 Å². The van der Waals surface area contributed by atoms with Crippen LogP contribution in [0.3, 0.4) is 0 Å². The number of benzene rings is 2. The van der Waals surface area contributed by atoms with Gasteiger partial charge < -0.3 is 9.47 Å². The highest BCUT2D eigenvalue weighted by molar-refractivity contribution is 7.20. The maximum absolute atomic E-state index is 11.7. The summed E-state index contributed by atoms with van der Waals surface area (Å²) < 4.78 is 11.3. The third-order valence-electron chi connectivity index (χ3n) is 3.11. The van der Waals surface area contributed by atoms with Gasteiger partial charge >= 0.3 is 5.97 Å². The number of fused-ring (bicyclic) bond motifs is 1. The summed E-state index contributed by atoms with van der Waals surface area (Å²) in [7, 11) is 0. The van der Waals surface area contributed by atoms with Gasteiger partial charge in [0, 0.05) is 12.1 Å². The lowest BCUT2D eigenvalue weighted by Gasteiger charge is -2.04. The number of hydrogen-bond acceptors (Lipinski definition) is 7. The van der Waals surface area contributed by atoms with Gasteiger partial charge in [-0.25, -0.2) is 9.78 Å². The molecule has 0 saturated carbocycles. The van der Waals surface area contributed by atoms with E-state index in [1.54, 1.807) is 37.3 Å². The molecule has 1 heterocycles. The van der Waals surface area contributed by atoms with Crippen LogP contribution in [-0.2, 0) is 4.74 Å². The van der Waals surface area contributed by atoms with Gasteiger partial charge in [0.05, 0.1) is 27.3 Å². The SMILES string of the molecule is CCOC(=O)c1cccc(Oc2nc3ccc([N+](=O)[O-])cc3s2)c1. The van der Waals surface area contributed by atoms with Crippen molar-refractivity contribution < 1.29 is 19.2 Å². The molecule has 0 N–H and O–H groups in total. The highest BCUT2D eigenvalue weighted by Gasteiger charge is 2.12. The van der Waals surface area contributed by atoms with Crippen LogP contribution in [-0.4, -0.2) is 22.5 Å². The number of hydrogen-bond donors (Lipinski definition) is 0. The highest BCUT2D eigenvalue weighted by atomic mass is 32.1. The van der Waals surface area contributed by atoms with Crippen molar-refractivity contribution in [2.45, 2.75) is 6.92 Å². The number of rotatable bonds is 5. The molecule has 0 atom stereocenters. The number of esters is 1. The third kappa shape index (κ3) is 3.33. The summed E-state index contributed by atoms with van der Waals surface area (Å²) >= 11 is 1.19. The van der Waals surface area contributed by atoms with E-state index in [9.17, 15) is 14.9 Å². The van der Waals surface area contributed by atoms with Crippen LogP contribution >= 0.6 is 11.3 Å². The van der Waals surface area contributed by atoms with Gasteiger partial charge in [0.25, 0.3) is 10.9 Å². The molecule has 0 fully saturated rings. The van der Waals surface area contributed by atoms with Gasteiger partial charge in [0.2, 0.25) is 0 Å². The van der Waals surface area contributed by atoms with Gasteiger partial charge in [0.1, 0.15) is 5.75 Å². The van der Waals surface area contributed by atoms with Crippen LogP contribution in [0.25, 0.3) is 10.2 Å². The smallest absolute Gasteiger partial charge is 0.338 e. The van der Waals surface area contributed by atoms with E-state index >= 15 is 0 Å². The molecule has 0 aliphatic carbocycles. The fraction of sp³-hybridized carbons (Fsp3) is 0.125. The molecule has 0 saturated heterocycles. The van der Waals surface area contributed by atoms with E-state index < -0.39 is 10.9 Å². The van der Waals surface area contributed by atoms with Crippen LogP contribution in [0.5, 0.6) is 10.9 Å². The summed E-state index contributed by atoms with van der Waals surface area (Å²) in [5, 5.41) is 11.2. The first-order chi connectivity index (χ1) is 11.6.